The van der Waals surface area contributed by atoms with Gasteiger partial charge in [0.25, 0.3) is 0 Å². The summed E-state index contributed by atoms with van der Waals surface area (Å²) in [6.07, 6.45) is 6.56. The van der Waals surface area contributed by atoms with Gasteiger partial charge in [0.2, 0.25) is 16.0 Å². The third-order valence-corrected chi connectivity index (χ3v) is 7.87. The molecule has 1 amide bonds. The van der Waals surface area contributed by atoms with Gasteiger partial charge in [-0.25, -0.2) is 9.50 Å². The molecule has 0 unspecified atom stereocenters. The van der Waals surface area contributed by atoms with Gasteiger partial charge in [0.15, 0.2) is 0 Å². The van der Waals surface area contributed by atoms with Gasteiger partial charge in [-0.2, -0.15) is 0 Å². The molecule has 0 aliphatic carbocycles. The van der Waals surface area contributed by atoms with Gasteiger partial charge in [-0.15, -0.1) is 5.10 Å². The van der Waals surface area contributed by atoms with Gasteiger partial charge in [-0.3, -0.25) is 4.79 Å². The zero-order valence-electron chi connectivity index (χ0n) is 19.7. The Morgan fingerprint density at radius 3 is 2.74 bits per heavy atom. The summed E-state index contributed by atoms with van der Waals surface area (Å²) in [7, 11) is 0. The summed E-state index contributed by atoms with van der Waals surface area (Å²) in [5.41, 5.74) is 5.67. The van der Waals surface area contributed by atoms with Crippen LogP contribution >= 0.6 is 11.3 Å². The van der Waals surface area contributed by atoms with Crippen molar-refractivity contribution in [2.45, 2.75) is 26.2 Å². The first-order valence-corrected chi connectivity index (χ1v) is 13.0. The summed E-state index contributed by atoms with van der Waals surface area (Å²) in [5.74, 6) is 0.229. The molecule has 1 aliphatic rings. The molecule has 0 bridgehead atoms. The fourth-order valence-corrected chi connectivity index (χ4v) is 5.75. The normalized spacial score (nSPS) is 14.7. The fourth-order valence-electron chi connectivity index (χ4n) is 4.82. The van der Waals surface area contributed by atoms with E-state index >= 15 is 0 Å². The molecule has 4 heterocycles. The molecule has 0 radical (unpaired) electrons. The van der Waals surface area contributed by atoms with Crippen molar-refractivity contribution in [2.24, 2.45) is 5.92 Å². The van der Waals surface area contributed by atoms with E-state index in [2.05, 4.69) is 64.6 Å². The lowest BCUT2D eigenvalue weighted by molar-refractivity contribution is -0.125. The van der Waals surface area contributed by atoms with Gasteiger partial charge in [0.05, 0.1) is 11.9 Å². The van der Waals surface area contributed by atoms with Crippen molar-refractivity contribution in [1.82, 2.24) is 24.9 Å². The van der Waals surface area contributed by atoms with E-state index in [9.17, 15) is 4.79 Å². The van der Waals surface area contributed by atoms with E-state index in [1.165, 1.54) is 16.5 Å². The van der Waals surface area contributed by atoms with Crippen molar-refractivity contribution >= 4 is 38.2 Å². The maximum absolute atomic E-state index is 12.8. The van der Waals surface area contributed by atoms with Crippen LogP contribution in [0.25, 0.3) is 27.1 Å². The second-order valence-corrected chi connectivity index (χ2v) is 10.2. The zero-order valence-corrected chi connectivity index (χ0v) is 20.5. The van der Waals surface area contributed by atoms with Crippen molar-refractivity contribution in [1.29, 1.82) is 0 Å². The van der Waals surface area contributed by atoms with Gasteiger partial charge in [-0.1, -0.05) is 59.4 Å². The van der Waals surface area contributed by atoms with Crippen molar-refractivity contribution < 1.29 is 4.79 Å². The van der Waals surface area contributed by atoms with E-state index in [1.807, 2.05) is 23.0 Å². The molecule has 178 valence electrons. The third kappa shape index (κ3) is 4.41. The summed E-state index contributed by atoms with van der Waals surface area (Å²) >= 11 is 1.61. The molecule has 8 heteroatoms. The second-order valence-electron chi connectivity index (χ2n) is 9.27. The number of amides is 1. The topological polar surface area (TPSA) is 78.3 Å². The molecule has 7 nitrogen and oxygen atoms in total. The molecule has 1 fully saturated rings. The van der Waals surface area contributed by atoms with Gasteiger partial charge >= 0.3 is 0 Å². The molecule has 0 atom stereocenters. The number of piperidine rings is 1. The minimum absolute atomic E-state index is 0.0615. The number of rotatable bonds is 6. The fraction of sp³-hybridized carbons (Fsp3) is 0.296. The number of para-hydroxylation sites is 1. The highest BCUT2D eigenvalue weighted by atomic mass is 32.1. The Morgan fingerprint density at radius 1 is 1.14 bits per heavy atom. The lowest BCUT2D eigenvalue weighted by atomic mass is 9.96. The van der Waals surface area contributed by atoms with E-state index in [0.29, 0.717) is 6.54 Å². The largest absolute Gasteiger partial charge is 0.361 e. The summed E-state index contributed by atoms with van der Waals surface area (Å²) in [6, 6.07) is 16.7. The number of carbonyl (C=O) groups is 1. The number of nitrogens with zero attached hydrogens (tertiary/aromatic N) is 4. The van der Waals surface area contributed by atoms with Gasteiger partial charge < -0.3 is 15.2 Å². The lowest BCUT2D eigenvalue weighted by Crippen LogP contribution is -2.41. The molecular weight excluding hydrogens is 456 g/mol. The van der Waals surface area contributed by atoms with E-state index < -0.39 is 0 Å². The first-order chi connectivity index (χ1) is 17.1. The van der Waals surface area contributed by atoms with Crippen LogP contribution in [0.2, 0.25) is 0 Å². The first kappa shape index (κ1) is 21.9. The smallest absolute Gasteiger partial charge is 0.223 e. The molecule has 2 N–H and O–H groups in total. The molecule has 1 aliphatic heterocycles. The van der Waals surface area contributed by atoms with Crippen LogP contribution in [-0.2, 0) is 11.2 Å². The van der Waals surface area contributed by atoms with Gasteiger partial charge in [0, 0.05) is 48.2 Å². The Bertz CT molecular complexity index is 1440. The average molecular weight is 485 g/mol. The van der Waals surface area contributed by atoms with Crippen LogP contribution in [-0.4, -0.2) is 45.1 Å². The molecule has 0 saturated carbocycles. The predicted molar refractivity (Wildman–Crippen MR) is 141 cm³/mol. The lowest BCUT2D eigenvalue weighted by Gasteiger charge is -2.30. The maximum Gasteiger partial charge on any atom is 0.223 e. The molecule has 3 aromatic heterocycles. The monoisotopic (exact) mass is 484 g/mol. The molecule has 0 spiro atoms. The van der Waals surface area contributed by atoms with E-state index in [0.717, 1.165) is 59.2 Å². The summed E-state index contributed by atoms with van der Waals surface area (Å²) < 4.78 is 1.87. The Hall–Kier alpha value is -3.65. The number of benzene rings is 2. The maximum atomic E-state index is 12.8. The Balaban J connectivity index is 1.02. The van der Waals surface area contributed by atoms with Crippen molar-refractivity contribution in [2.75, 3.05) is 24.5 Å². The number of aromatic amines is 1. The number of anilines is 1. The van der Waals surface area contributed by atoms with Crippen LogP contribution in [0.15, 0.2) is 60.9 Å². The second kappa shape index (κ2) is 9.19. The molecule has 1 saturated heterocycles. The standard InChI is InChI=1S/C27H28N6OS/c1-18-6-8-19(9-7-18)24-17-33-26(30-24)35-27(31-33)32-14-11-20(12-15-32)25(34)28-13-10-21-16-29-23-5-3-2-4-22(21)23/h2-9,16-17,20,29H,10-15H2,1H3,(H,28,34). The van der Waals surface area contributed by atoms with Crippen LogP contribution in [0.4, 0.5) is 5.13 Å². The number of imidazole rings is 1. The Kier molecular flexibility index (Phi) is 5.74. The van der Waals surface area contributed by atoms with Crippen molar-refractivity contribution in [3.05, 3.63) is 72.1 Å². The first-order valence-electron chi connectivity index (χ1n) is 12.1. The predicted octanol–water partition coefficient (Wildman–Crippen LogP) is 4.82. The number of H-pyrrole nitrogens is 1. The number of nitrogens with one attached hydrogen (secondary N) is 2. The number of fused-ring (bicyclic) bond motifs is 2. The average Bonchev–Trinajstić information content (AvgIpc) is 3.58. The SMILES string of the molecule is Cc1ccc(-c2cn3nc(N4CCC(C(=O)NCCc5c[nH]c6ccccc56)CC4)sc3n2)cc1. The third-order valence-electron chi connectivity index (χ3n) is 6.88. The highest BCUT2D eigenvalue weighted by Crippen LogP contribution is 2.30. The quantitative estimate of drug-likeness (QED) is 0.362. The number of aryl methyl sites for hydroxylation is 1. The Morgan fingerprint density at radius 2 is 1.94 bits per heavy atom. The van der Waals surface area contributed by atoms with Gasteiger partial charge in [0.1, 0.15) is 0 Å². The number of hydrogen-bond acceptors (Lipinski definition) is 5. The highest BCUT2D eigenvalue weighted by molar-refractivity contribution is 7.20. The van der Waals surface area contributed by atoms with E-state index in [4.69, 9.17) is 10.1 Å². The van der Waals surface area contributed by atoms with E-state index in [-0.39, 0.29) is 11.8 Å². The minimum Gasteiger partial charge on any atom is -0.361 e. The minimum atomic E-state index is 0.0615. The molecule has 2 aromatic carbocycles. The van der Waals surface area contributed by atoms with Crippen LogP contribution < -0.4 is 10.2 Å². The highest BCUT2D eigenvalue weighted by Gasteiger charge is 2.26. The van der Waals surface area contributed by atoms with Crippen LogP contribution in [0, 0.1) is 12.8 Å². The number of hydrogen-bond donors (Lipinski definition) is 2. The van der Waals surface area contributed by atoms with Crippen LogP contribution in [0.3, 0.4) is 0 Å². The summed E-state index contributed by atoms with van der Waals surface area (Å²) in [6.45, 7) is 4.42. The summed E-state index contributed by atoms with van der Waals surface area (Å²) in [4.78, 5) is 24.0. The van der Waals surface area contributed by atoms with Gasteiger partial charge in [-0.05, 0) is 37.8 Å². The van der Waals surface area contributed by atoms with Crippen molar-refractivity contribution in [3.63, 3.8) is 0 Å². The number of carbonyl (C=O) groups excluding carboxylic acids is 1. The van der Waals surface area contributed by atoms with Crippen molar-refractivity contribution in [3.8, 4) is 11.3 Å². The number of aromatic nitrogens is 4. The molecule has 5 aromatic rings. The van der Waals surface area contributed by atoms with Crippen LogP contribution in [0.5, 0.6) is 0 Å². The molecule has 35 heavy (non-hydrogen) atoms. The molecule has 6 rings (SSSR count). The summed E-state index contributed by atoms with van der Waals surface area (Å²) in [5, 5.41) is 10.1. The van der Waals surface area contributed by atoms with Crippen LogP contribution in [0.1, 0.15) is 24.0 Å². The molecular formula is C27H28N6OS. The zero-order chi connectivity index (χ0) is 23.8. The Labute approximate surface area is 207 Å². The van der Waals surface area contributed by atoms with E-state index in [1.54, 1.807) is 11.3 Å².